The minimum Gasteiger partial charge on any atom is -0.306 e. The second kappa shape index (κ2) is 3.76. The van der Waals surface area contributed by atoms with Crippen LogP contribution in [0.1, 0.15) is 12.8 Å². The molecule has 0 aromatic rings. The molecule has 1 atom stereocenters. The Morgan fingerprint density at radius 3 is 3.31 bits per heavy atom. The van der Waals surface area contributed by atoms with Crippen molar-refractivity contribution in [1.82, 2.24) is 4.90 Å². The van der Waals surface area contributed by atoms with Crippen molar-refractivity contribution in [1.29, 1.82) is 0 Å². The summed E-state index contributed by atoms with van der Waals surface area (Å²) in [5, 5.41) is 0. The van der Waals surface area contributed by atoms with Crippen LogP contribution in [0.4, 0.5) is 0 Å². The van der Waals surface area contributed by atoms with Gasteiger partial charge in [-0.1, -0.05) is 17.9 Å². The van der Waals surface area contributed by atoms with E-state index in [2.05, 4.69) is 34.9 Å². The maximum absolute atomic E-state index is 4.38. The van der Waals surface area contributed by atoms with Crippen LogP contribution < -0.4 is 0 Å². The van der Waals surface area contributed by atoms with E-state index in [4.69, 9.17) is 0 Å². The minimum absolute atomic E-state index is 0.628. The number of likely N-dealkylation sites (tertiary alicyclic amines) is 1. The second-order valence-corrected chi connectivity index (χ2v) is 3.66. The van der Waals surface area contributed by atoms with Crippen molar-refractivity contribution >= 4 is 6.21 Å². The van der Waals surface area contributed by atoms with Crippen LogP contribution in [-0.4, -0.2) is 31.3 Å². The molecule has 0 aliphatic carbocycles. The van der Waals surface area contributed by atoms with Crippen molar-refractivity contribution < 1.29 is 0 Å². The van der Waals surface area contributed by atoms with E-state index in [9.17, 15) is 0 Å². The topological polar surface area (TPSA) is 15.6 Å². The summed E-state index contributed by atoms with van der Waals surface area (Å²) in [7, 11) is 2.16. The van der Waals surface area contributed by atoms with Crippen LogP contribution in [0, 0.1) is 17.8 Å². The standard InChI is InChI=1S/C11H14N2/c1-13-8-6-10(9-13)11-5-3-2-4-7-12-11/h5,7,10H,3,6,8-9H2,1H3/t10-/m1/s1. The van der Waals surface area contributed by atoms with Crippen LogP contribution in [0.15, 0.2) is 16.8 Å². The molecular weight excluding hydrogens is 160 g/mol. The van der Waals surface area contributed by atoms with E-state index in [0.717, 1.165) is 13.0 Å². The Kier molecular flexibility index (Phi) is 2.47. The highest BCUT2D eigenvalue weighted by molar-refractivity contribution is 5.79. The second-order valence-electron chi connectivity index (χ2n) is 3.66. The molecule has 0 bridgehead atoms. The van der Waals surface area contributed by atoms with Crippen molar-refractivity contribution in [2.75, 3.05) is 20.1 Å². The van der Waals surface area contributed by atoms with Crippen LogP contribution in [0.25, 0.3) is 0 Å². The van der Waals surface area contributed by atoms with Gasteiger partial charge in [0.05, 0.1) is 6.21 Å². The highest BCUT2D eigenvalue weighted by atomic mass is 15.1. The molecule has 0 saturated carbocycles. The van der Waals surface area contributed by atoms with Gasteiger partial charge in [0.1, 0.15) is 0 Å². The lowest BCUT2D eigenvalue weighted by Gasteiger charge is -2.10. The Labute approximate surface area is 79.3 Å². The fraction of sp³-hybridized carbons (Fsp3) is 0.545. The molecule has 2 rings (SSSR count). The maximum atomic E-state index is 4.38. The first-order chi connectivity index (χ1) is 6.36. The molecule has 0 N–H and O–H groups in total. The molecule has 0 radical (unpaired) electrons. The van der Waals surface area contributed by atoms with Gasteiger partial charge in [-0.05, 0) is 20.0 Å². The summed E-state index contributed by atoms with van der Waals surface area (Å²) in [4.78, 5) is 6.73. The van der Waals surface area contributed by atoms with E-state index in [1.807, 2.05) is 0 Å². The quantitative estimate of drug-likeness (QED) is 0.547. The number of rotatable bonds is 1. The molecule has 0 aromatic heterocycles. The third kappa shape index (κ3) is 1.99. The highest BCUT2D eigenvalue weighted by Gasteiger charge is 2.22. The Balaban J connectivity index is 2.05. The predicted molar refractivity (Wildman–Crippen MR) is 54.6 cm³/mol. The van der Waals surface area contributed by atoms with Crippen molar-refractivity contribution in [3.8, 4) is 11.8 Å². The minimum atomic E-state index is 0.628. The molecule has 0 amide bonds. The van der Waals surface area contributed by atoms with Crippen molar-refractivity contribution in [2.45, 2.75) is 12.8 Å². The summed E-state index contributed by atoms with van der Waals surface area (Å²) < 4.78 is 0. The summed E-state index contributed by atoms with van der Waals surface area (Å²) in [5.74, 6) is 6.55. The van der Waals surface area contributed by atoms with Crippen LogP contribution in [-0.2, 0) is 0 Å². The fourth-order valence-electron chi connectivity index (χ4n) is 1.87. The molecule has 2 aliphatic rings. The smallest absolute Gasteiger partial charge is 0.0769 e. The molecule has 1 fully saturated rings. The normalized spacial score (nSPS) is 27.8. The Morgan fingerprint density at radius 1 is 1.62 bits per heavy atom. The molecule has 2 nitrogen and oxygen atoms in total. The maximum Gasteiger partial charge on any atom is 0.0769 e. The summed E-state index contributed by atoms with van der Waals surface area (Å²) in [6.45, 7) is 2.33. The van der Waals surface area contributed by atoms with Crippen LogP contribution in [0.5, 0.6) is 0 Å². The van der Waals surface area contributed by atoms with Gasteiger partial charge in [0.2, 0.25) is 0 Å². The van der Waals surface area contributed by atoms with Gasteiger partial charge in [0, 0.05) is 24.6 Å². The first-order valence-electron chi connectivity index (χ1n) is 4.76. The summed E-state index contributed by atoms with van der Waals surface area (Å²) >= 11 is 0. The zero-order valence-corrected chi connectivity index (χ0v) is 7.95. The summed E-state index contributed by atoms with van der Waals surface area (Å²) in [6, 6.07) is 0. The predicted octanol–water partition coefficient (Wildman–Crippen LogP) is 1.30. The fourth-order valence-corrected chi connectivity index (χ4v) is 1.87. The molecule has 2 heteroatoms. The van der Waals surface area contributed by atoms with Gasteiger partial charge in [0.25, 0.3) is 0 Å². The van der Waals surface area contributed by atoms with Gasteiger partial charge in [-0.2, -0.15) is 0 Å². The molecule has 1 saturated heterocycles. The van der Waals surface area contributed by atoms with E-state index >= 15 is 0 Å². The van der Waals surface area contributed by atoms with Crippen molar-refractivity contribution in [3.05, 3.63) is 11.8 Å². The molecule has 13 heavy (non-hydrogen) atoms. The zero-order valence-electron chi connectivity index (χ0n) is 7.95. The van der Waals surface area contributed by atoms with Crippen molar-refractivity contribution in [3.63, 3.8) is 0 Å². The highest BCUT2D eigenvalue weighted by Crippen LogP contribution is 2.24. The van der Waals surface area contributed by atoms with Crippen molar-refractivity contribution in [2.24, 2.45) is 10.9 Å². The van der Waals surface area contributed by atoms with E-state index < -0.39 is 0 Å². The molecule has 0 aromatic carbocycles. The Bertz CT molecular complexity index is 304. The SMILES string of the molecule is CN1CC[C@@H](C2=CCC#CC=N2)C1. The van der Waals surface area contributed by atoms with E-state index in [0.29, 0.717) is 5.92 Å². The summed E-state index contributed by atoms with van der Waals surface area (Å²) in [6.07, 6.45) is 5.99. The molecule has 68 valence electrons. The molecule has 0 unspecified atom stereocenters. The van der Waals surface area contributed by atoms with Gasteiger partial charge >= 0.3 is 0 Å². The molecule has 2 heterocycles. The van der Waals surface area contributed by atoms with Gasteiger partial charge in [-0.3, -0.25) is 4.99 Å². The van der Waals surface area contributed by atoms with Crippen LogP contribution in [0.3, 0.4) is 0 Å². The van der Waals surface area contributed by atoms with E-state index in [1.165, 1.54) is 18.7 Å². The van der Waals surface area contributed by atoms with E-state index in [1.54, 1.807) is 6.21 Å². The number of aliphatic imine (C=N–C) groups is 1. The summed E-state index contributed by atoms with van der Waals surface area (Å²) in [5.41, 5.74) is 1.22. The third-order valence-electron chi connectivity index (χ3n) is 2.60. The van der Waals surface area contributed by atoms with Gasteiger partial charge in [0.15, 0.2) is 0 Å². The lowest BCUT2D eigenvalue weighted by Crippen LogP contribution is -2.14. The average molecular weight is 174 g/mol. The van der Waals surface area contributed by atoms with Gasteiger partial charge < -0.3 is 4.90 Å². The third-order valence-corrected chi connectivity index (χ3v) is 2.60. The number of hydrogen-bond donors (Lipinski definition) is 0. The van der Waals surface area contributed by atoms with Gasteiger partial charge in [-0.15, -0.1) is 0 Å². The largest absolute Gasteiger partial charge is 0.306 e. The molecular formula is C11H14N2. The van der Waals surface area contributed by atoms with Crippen LogP contribution in [0.2, 0.25) is 0 Å². The first kappa shape index (κ1) is 8.52. The molecule has 2 aliphatic heterocycles. The monoisotopic (exact) mass is 174 g/mol. The van der Waals surface area contributed by atoms with Gasteiger partial charge in [-0.25, -0.2) is 0 Å². The van der Waals surface area contributed by atoms with E-state index in [-0.39, 0.29) is 0 Å². The lowest BCUT2D eigenvalue weighted by molar-refractivity contribution is 0.405. The lowest BCUT2D eigenvalue weighted by atomic mass is 10.0. The first-order valence-corrected chi connectivity index (χ1v) is 4.76. The Hall–Kier alpha value is -1.07. The Morgan fingerprint density at radius 2 is 2.54 bits per heavy atom. The number of nitrogens with zero attached hydrogens (tertiary/aromatic N) is 2. The number of allylic oxidation sites excluding steroid dienone is 1. The zero-order chi connectivity index (χ0) is 9.10. The van der Waals surface area contributed by atoms with Crippen LogP contribution >= 0.6 is 0 Å². The number of hydrogen-bond acceptors (Lipinski definition) is 2. The average Bonchev–Trinajstić information content (AvgIpc) is 2.43. The molecule has 0 spiro atoms.